The Hall–Kier alpha value is -0.0800. The Morgan fingerprint density at radius 1 is 0.875 bits per heavy atom. The van der Waals surface area contributed by atoms with Gasteiger partial charge in [0.25, 0.3) is 0 Å². The lowest BCUT2D eigenvalue weighted by molar-refractivity contribution is 0.128. The van der Waals surface area contributed by atoms with Crippen molar-refractivity contribution >= 4 is 0 Å². The molecule has 2 saturated carbocycles. The second kappa shape index (κ2) is 15.2. The molecule has 0 heterocycles. The van der Waals surface area contributed by atoms with Gasteiger partial charge in [0.05, 0.1) is 0 Å². The van der Waals surface area contributed by atoms with Crippen LogP contribution in [0.25, 0.3) is 0 Å². The first-order chi connectivity index (χ1) is 11.6. The monoisotopic (exact) mass is 340 g/mol. The number of rotatable bonds is 5. The molecular weight excluding hydrogens is 292 g/mol. The number of hydrogen-bond acceptors (Lipinski definition) is 2. The summed E-state index contributed by atoms with van der Waals surface area (Å²) in [5.74, 6) is 0.981. The zero-order valence-electron chi connectivity index (χ0n) is 18.0. The molecule has 2 aliphatic carbocycles. The van der Waals surface area contributed by atoms with E-state index in [2.05, 4.69) is 44.8 Å². The van der Waals surface area contributed by atoms with Gasteiger partial charge in [-0.25, -0.2) is 0 Å². The lowest BCUT2D eigenvalue weighted by atomic mass is 9.87. The number of nitrogens with zero attached hydrogens (tertiary/aromatic N) is 1. The average molecular weight is 341 g/mol. The molecule has 0 spiro atoms. The van der Waals surface area contributed by atoms with Gasteiger partial charge in [0.1, 0.15) is 0 Å². The molecule has 0 amide bonds. The third-order valence-corrected chi connectivity index (χ3v) is 5.58. The molecule has 2 fully saturated rings. The highest BCUT2D eigenvalue weighted by atomic mass is 15.2. The van der Waals surface area contributed by atoms with E-state index in [9.17, 15) is 0 Å². The molecule has 0 aromatic rings. The van der Waals surface area contributed by atoms with Crippen LogP contribution in [-0.2, 0) is 0 Å². The van der Waals surface area contributed by atoms with Gasteiger partial charge in [-0.1, -0.05) is 53.9 Å². The third-order valence-electron chi connectivity index (χ3n) is 5.58. The smallest absolute Gasteiger partial charge is 0.00978 e. The SMILES string of the molecule is CC.CCN(C(C)C)C1CCCCC1.CCNC1CCC(C)CC1. The predicted molar refractivity (Wildman–Crippen MR) is 111 cm³/mol. The van der Waals surface area contributed by atoms with E-state index in [1.54, 1.807) is 0 Å². The van der Waals surface area contributed by atoms with E-state index in [1.807, 2.05) is 13.8 Å². The Morgan fingerprint density at radius 3 is 1.83 bits per heavy atom. The molecule has 0 aromatic heterocycles. The lowest BCUT2D eigenvalue weighted by Gasteiger charge is -2.36. The van der Waals surface area contributed by atoms with Crippen molar-refractivity contribution < 1.29 is 0 Å². The van der Waals surface area contributed by atoms with E-state index in [-0.39, 0.29) is 0 Å². The molecule has 2 rings (SSSR count). The second-order valence-corrected chi connectivity index (χ2v) is 7.73. The van der Waals surface area contributed by atoms with E-state index in [0.29, 0.717) is 0 Å². The highest BCUT2D eigenvalue weighted by molar-refractivity contribution is 4.77. The summed E-state index contributed by atoms with van der Waals surface area (Å²) in [6.07, 6.45) is 12.9. The van der Waals surface area contributed by atoms with Gasteiger partial charge in [-0.3, -0.25) is 4.90 Å². The standard InChI is InChI=1S/C11H23N.C9H19N.C2H6/c1-4-12(10(2)3)11-8-6-5-7-9-11;1-3-10-9-6-4-8(2)5-7-9;1-2/h10-11H,4-9H2,1-3H3;8-10H,3-7H2,1-2H3;1-2H3. The molecule has 1 N–H and O–H groups in total. The normalized spacial score (nSPS) is 24.9. The minimum Gasteiger partial charge on any atom is -0.314 e. The molecule has 24 heavy (non-hydrogen) atoms. The molecule has 2 nitrogen and oxygen atoms in total. The van der Waals surface area contributed by atoms with Crippen LogP contribution in [-0.4, -0.2) is 36.1 Å². The zero-order chi connectivity index (χ0) is 18.4. The first kappa shape index (κ1) is 23.9. The molecule has 0 aliphatic heterocycles. The summed E-state index contributed by atoms with van der Waals surface area (Å²) in [5, 5.41) is 3.50. The summed E-state index contributed by atoms with van der Waals surface area (Å²) in [6.45, 7) is 17.8. The van der Waals surface area contributed by atoms with Crippen LogP contribution in [0, 0.1) is 5.92 Å². The topological polar surface area (TPSA) is 15.3 Å². The van der Waals surface area contributed by atoms with Crippen LogP contribution < -0.4 is 5.32 Å². The van der Waals surface area contributed by atoms with E-state index in [4.69, 9.17) is 0 Å². The van der Waals surface area contributed by atoms with Gasteiger partial charge in [0, 0.05) is 18.1 Å². The van der Waals surface area contributed by atoms with Crippen molar-refractivity contribution in [2.45, 2.75) is 124 Å². The van der Waals surface area contributed by atoms with Crippen LogP contribution >= 0.6 is 0 Å². The summed E-state index contributed by atoms with van der Waals surface area (Å²) in [7, 11) is 0. The van der Waals surface area contributed by atoms with Crippen LogP contribution in [0.5, 0.6) is 0 Å². The van der Waals surface area contributed by atoms with E-state index < -0.39 is 0 Å². The Kier molecular flexibility index (Phi) is 15.1. The van der Waals surface area contributed by atoms with Crippen molar-refractivity contribution in [3.05, 3.63) is 0 Å². The molecule has 0 bridgehead atoms. The van der Waals surface area contributed by atoms with Crippen LogP contribution in [0.2, 0.25) is 0 Å². The minimum absolute atomic E-state index is 0.734. The maximum absolute atomic E-state index is 3.50. The fourth-order valence-electron chi connectivity index (χ4n) is 4.21. The van der Waals surface area contributed by atoms with Crippen molar-refractivity contribution in [1.82, 2.24) is 10.2 Å². The first-order valence-electron chi connectivity index (χ1n) is 11.1. The van der Waals surface area contributed by atoms with Crippen molar-refractivity contribution in [2.24, 2.45) is 5.92 Å². The van der Waals surface area contributed by atoms with Crippen LogP contribution in [0.4, 0.5) is 0 Å². The maximum atomic E-state index is 3.50. The van der Waals surface area contributed by atoms with Gasteiger partial charge < -0.3 is 5.32 Å². The van der Waals surface area contributed by atoms with E-state index in [1.165, 1.54) is 64.3 Å². The summed E-state index contributed by atoms with van der Waals surface area (Å²) in [6, 6.07) is 2.46. The Bertz CT molecular complexity index is 251. The molecule has 0 aromatic carbocycles. The van der Waals surface area contributed by atoms with Crippen LogP contribution in [0.1, 0.15) is 106 Å². The molecular formula is C22H48N2. The number of hydrogen-bond donors (Lipinski definition) is 1. The molecule has 0 atom stereocenters. The molecule has 146 valence electrons. The molecule has 2 aliphatic rings. The number of nitrogens with one attached hydrogen (secondary N) is 1. The highest BCUT2D eigenvalue weighted by Crippen LogP contribution is 2.24. The predicted octanol–water partition coefficient (Wildman–Crippen LogP) is 6.25. The molecule has 0 saturated heterocycles. The van der Waals surface area contributed by atoms with Gasteiger partial charge in [-0.15, -0.1) is 0 Å². The van der Waals surface area contributed by atoms with Gasteiger partial charge >= 0.3 is 0 Å². The van der Waals surface area contributed by atoms with Crippen molar-refractivity contribution in [3.8, 4) is 0 Å². The Morgan fingerprint density at radius 2 is 1.42 bits per heavy atom. The molecule has 2 heteroatoms. The third kappa shape index (κ3) is 10.0. The molecule has 0 radical (unpaired) electrons. The molecule has 0 unspecified atom stereocenters. The van der Waals surface area contributed by atoms with E-state index in [0.717, 1.165) is 30.6 Å². The fraction of sp³-hybridized carbons (Fsp3) is 1.00. The maximum Gasteiger partial charge on any atom is 0.00978 e. The zero-order valence-corrected chi connectivity index (χ0v) is 18.0. The van der Waals surface area contributed by atoms with Crippen molar-refractivity contribution in [2.75, 3.05) is 13.1 Å². The summed E-state index contributed by atoms with van der Waals surface area (Å²) in [5.41, 5.74) is 0. The highest BCUT2D eigenvalue weighted by Gasteiger charge is 2.21. The summed E-state index contributed by atoms with van der Waals surface area (Å²) in [4.78, 5) is 2.65. The van der Waals surface area contributed by atoms with E-state index >= 15 is 0 Å². The van der Waals surface area contributed by atoms with Gasteiger partial charge in [-0.2, -0.15) is 0 Å². The van der Waals surface area contributed by atoms with Gasteiger partial charge in [-0.05, 0) is 71.4 Å². The van der Waals surface area contributed by atoms with Crippen molar-refractivity contribution in [1.29, 1.82) is 0 Å². The fourth-order valence-corrected chi connectivity index (χ4v) is 4.21. The average Bonchev–Trinajstić information content (AvgIpc) is 2.61. The quantitative estimate of drug-likeness (QED) is 0.636. The summed E-state index contributed by atoms with van der Waals surface area (Å²) < 4.78 is 0. The van der Waals surface area contributed by atoms with Crippen LogP contribution in [0.15, 0.2) is 0 Å². The largest absolute Gasteiger partial charge is 0.314 e. The van der Waals surface area contributed by atoms with Crippen LogP contribution in [0.3, 0.4) is 0 Å². The first-order valence-corrected chi connectivity index (χ1v) is 11.1. The van der Waals surface area contributed by atoms with Gasteiger partial charge in [0.15, 0.2) is 0 Å². The Balaban J connectivity index is 0.000000405. The second-order valence-electron chi connectivity index (χ2n) is 7.73. The Labute approximate surface area is 154 Å². The lowest BCUT2D eigenvalue weighted by Crippen LogP contribution is -2.41. The minimum atomic E-state index is 0.734. The van der Waals surface area contributed by atoms with Crippen molar-refractivity contribution in [3.63, 3.8) is 0 Å². The van der Waals surface area contributed by atoms with Gasteiger partial charge in [0.2, 0.25) is 0 Å². The summed E-state index contributed by atoms with van der Waals surface area (Å²) >= 11 is 0.